The minimum Gasteiger partial charge on any atom is -0.445 e. The maximum atomic E-state index is 12.9. The molecule has 3 rings (SSSR count). The van der Waals surface area contributed by atoms with Crippen LogP contribution in [0.15, 0.2) is 22.6 Å². The largest absolute Gasteiger partial charge is 0.445 e. The number of rotatable bonds is 2. The highest BCUT2D eigenvalue weighted by molar-refractivity contribution is 6.33. The van der Waals surface area contributed by atoms with Crippen LogP contribution in [-0.2, 0) is 19.1 Å². The van der Waals surface area contributed by atoms with Crippen LogP contribution < -0.4 is 0 Å². The molecular formula is C17H16ClF3N2O2. The van der Waals surface area contributed by atoms with Gasteiger partial charge in [0.25, 0.3) is 5.91 Å². The van der Waals surface area contributed by atoms with Crippen LogP contribution in [0.1, 0.15) is 53.0 Å². The number of benzene rings is 1. The predicted octanol–water partition coefficient (Wildman–Crippen LogP) is 4.67. The quantitative estimate of drug-likeness (QED) is 0.769. The third kappa shape index (κ3) is 3.51. The van der Waals surface area contributed by atoms with Gasteiger partial charge in [0.2, 0.25) is 0 Å². The summed E-state index contributed by atoms with van der Waals surface area (Å²) in [4.78, 5) is 18.5. The van der Waals surface area contributed by atoms with E-state index < -0.39 is 17.6 Å². The number of hydrogen-bond donors (Lipinski definition) is 0. The fraction of sp³-hybridized carbons (Fsp3) is 0.412. The molecule has 25 heavy (non-hydrogen) atoms. The summed E-state index contributed by atoms with van der Waals surface area (Å²) in [7, 11) is 0. The van der Waals surface area contributed by atoms with Crippen LogP contribution in [0, 0.1) is 0 Å². The molecule has 1 aliphatic heterocycles. The number of oxazole rings is 1. The first-order valence-electron chi connectivity index (χ1n) is 7.81. The number of hydrogen-bond acceptors (Lipinski definition) is 3. The summed E-state index contributed by atoms with van der Waals surface area (Å²) in [5, 5.41) is -0.00757. The van der Waals surface area contributed by atoms with E-state index in [0.29, 0.717) is 24.6 Å². The van der Waals surface area contributed by atoms with Crippen LogP contribution in [0.4, 0.5) is 13.2 Å². The molecular weight excluding hydrogens is 357 g/mol. The first-order chi connectivity index (χ1) is 11.7. The number of carbonyl (C=O) groups excluding carboxylic acids is 1. The standard InChI is InChI=1S/C17H16ClF3N2O2/c1-9(2)15-22-13-8-23(6-5-14(13)25-15)16(24)11-7-10(17(19,20)21)3-4-12(11)18/h3-4,7,9H,5-6,8H2,1-2H3. The Bertz CT molecular complexity index is 815. The zero-order valence-electron chi connectivity index (χ0n) is 13.7. The summed E-state index contributed by atoms with van der Waals surface area (Å²) in [6.07, 6.45) is -4.07. The van der Waals surface area contributed by atoms with Crippen molar-refractivity contribution in [3.63, 3.8) is 0 Å². The lowest BCUT2D eigenvalue weighted by Gasteiger charge is -2.26. The molecule has 0 bridgehead atoms. The summed E-state index contributed by atoms with van der Waals surface area (Å²) < 4.78 is 44.3. The molecule has 8 heteroatoms. The van der Waals surface area contributed by atoms with E-state index >= 15 is 0 Å². The SMILES string of the molecule is CC(C)c1nc2c(o1)CCN(C(=O)c1cc(C(F)(F)F)ccc1Cl)C2. The first kappa shape index (κ1) is 17.8. The molecule has 1 aliphatic rings. The number of amides is 1. The second kappa shape index (κ2) is 6.37. The Hall–Kier alpha value is -2.02. The zero-order chi connectivity index (χ0) is 18.4. The van der Waals surface area contributed by atoms with Crippen LogP contribution in [-0.4, -0.2) is 22.3 Å². The highest BCUT2D eigenvalue weighted by Gasteiger charge is 2.33. The number of carbonyl (C=O) groups is 1. The third-order valence-corrected chi connectivity index (χ3v) is 4.38. The van der Waals surface area contributed by atoms with Crippen molar-refractivity contribution in [1.29, 1.82) is 0 Å². The Morgan fingerprint density at radius 1 is 1.36 bits per heavy atom. The van der Waals surface area contributed by atoms with Crippen molar-refractivity contribution in [1.82, 2.24) is 9.88 Å². The van der Waals surface area contributed by atoms with Crippen molar-refractivity contribution in [2.45, 2.75) is 38.9 Å². The average molecular weight is 373 g/mol. The Morgan fingerprint density at radius 3 is 2.72 bits per heavy atom. The lowest BCUT2D eigenvalue weighted by Crippen LogP contribution is -2.36. The fourth-order valence-electron chi connectivity index (χ4n) is 2.67. The molecule has 134 valence electrons. The van der Waals surface area contributed by atoms with Crippen molar-refractivity contribution in [3.05, 3.63) is 51.7 Å². The maximum Gasteiger partial charge on any atom is 0.416 e. The minimum absolute atomic E-state index is 0.00757. The fourth-order valence-corrected chi connectivity index (χ4v) is 2.87. The van der Waals surface area contributed by atoms with Gasteiger partial charge >= 0.3 is 6.18 Å². The third-order valence-electron chi connectivity index (χ3n) is 4.05. The van der Waals surface area contributed by atoms with Gasteiger partial charge in [-0.05, 0) is 18.2 Å². The van der Waals surface area contributed by atoms with Crippen LogP contribution in [0.3, 0.4) is 0 Å². The molecule has 0 aliphatic carbocycles. The van der Waals surface area contributed by atoms with E-state index in [1.807, 2.05) is 13.8 Å². The minimum atomic E-state index is -4.53. The molecule has 0 spiro atoms. The molecule has 0 saturated heterocycles. The van der Waals surface area contributed by atoms with Gasteiger partial charge in [-0.2, -0.15) is 13.2 Å². The second-order valence-electron chi connectivity index (χ2n) is 6.25. The number of nitrogens with zero attached hydrogens (tertiary/aromatic N) is 2. The monoisotopic (exact) mass is 372 g/mol. The van der Waals surface area contributed by atoms with E-state index in [0.717, 1.165) is 24.0 Å². The van der Waals surface area contributed by atoms with Gasteiger partial charge < -0.3 is 9.32 Å². The molecule has 0 unspecified atom stereocenters. The predicted molar refractivity (Wildman–Crippen MR) is 85.5 cm³/mol. The Balaban J connectivity index is 1.87. The summed E-state index contributed by atoms with van der Waals surface area (Å²) in [6, 6.07) is 2.75. The van der Waals surface area contributed by atoms with Crippen LogP contribution in [0.2, 0.25) is 5.02 Å². The second-order valence-corrected chi connectivity index (χ2v) is 6.65. The molecule has 1 aromatic heterocycles. The molecule has 0 fully saturated rings. The number of alkyl halides is 3. The van der Waals surface area contributed by atoms with Crippen LogP contribution >= 0.6 is 11.6 Å². The van der Waals surface area contributed by atoms with Crippen molar-refractivity contribution < 1.29 is 22.4 Å². The van der Waals surface area contributed by atoms with E-state index in [-0.39, 0.29) is 23.0 Å². The smallest absolute Gasteiger partial charge is 0.416 e. The Labute approximate surface area is 147 Å². The lowest BCUT2D eigenvalue weighted by atomic mass is 10.1. The zero-order valence-corrected chi connectivity index (χ0v) is 14.4. The van der Waals surface area contributed by atoms with Gasteiger partial charge in [0, 0.05) is 18.9 Å². The van der Waals surface area contributed by atoms with Gasteiger partial charge in [0.1, 0.15) is 11.5 Å². The Morgan fingerprint density at radius 2 is 2.08 bits per heavy atom. The molecule has 0 atom stereocenters. The van der Waals surface area contributed by atoms with E-state index in [1.54, 1.807) is 0 Å². The highest BCUT2D eigenvalue weighted by Crippen LogP contribution is 2.33. The molecule has 1 aromatic carbocycles. The molecule has 0 N–H and O–H groups in total. The molecule has 4 nitrogen and oxygen atoms in total. The molecule has 2 aromatic rings. The van der Waals surface area contributed by atoms with Crippen LogP contribution in [0.5, 0.6) is 0 Å². The summed E-state index contributed by atoms with van der Waals surface area (Å²) in [5.41, 5.74) is -0.416. The van der Waals surface area contributed by atoms with Gasteiger partial charge in [0.05, 0.1) is 22.7 Å². The number of aromatic nitrogens is 1. The lowest BCUT2D eigenvalue weighted by molar-refractivity contribution is -0.137. The van der Waals surface area contributed by atoms with Gasteiger partial charge in [-0.1, -0.05) is 25.4 Å². The first-order valence-corrected chi connectivity index (χ1v) is 8.19. The maximum absolute atomic E-state index is 12.9. The summed E-state index contributed by atoms with van der Waals surface area (Å²) in [6.45, 7) is 4.42. The average Bonchev–Trinajstić information content (AvgIpc) is 2.97. The van der Waals surface area contributed by atoms with Crippen LogP contribution in [0.25, 0.3) is 0 Å². The van der Waals surface area contributed by atoms with Crippen molar-refractivity contribution >= 4 is 17.5 Å². The van der Waals surface area contributed by atoms with E-state index in [4.69, 9.17) is 16.0 Å². The van der Waals surface area contributed by atoms with Gasteiger partial charge in [-0.3, -0.25) is 4.79 Å². The van der Waals surface area contributed by atoms with E-state index in [1.165, 1.54) is 4.90 Å². The summed E-state index contributed by atoms with van der Waals surface area (Å²) in [5.74, 6) is 0.891. The van der Waals surface area contributed by atoms with Gasteiger partial charge in [-0.25, -0.2) is 4.98 Å². The van der Waals surface area contributed by atoms with Crippen molar-refractivity contribution in [2.24, 2.45) is 0 Å². The topological polar surface area (TPSA) is 46.3 Å². The van der Waals surface area contributed by atoms with Crippen molar-refractivity contribution in [2.75, 3.05) is 6.54 Å². The molecule has 0 radical (unpaired) electrons. The van der Waals surface area contributed by atoms with Crippen molar-refractivity contribution in [3.8, 4) is 0 Å². The van der Waals surface area contributed by atoms with E-state index in [9.17, 15) is 18.0 Å². The molecule has 2 heterocycles. The normalized spacial score (nSPS) is 14.8. The number of fused-ring (bicyclic) bond motifs is 1. The Kier molecular flexibility index (Phi) is 4.53. The van der Waals surface area contributed by atoms with Gasteiger partial charge in [-0.15, -0.1) is 0 Å². The highest BCUT2D eigenvalue weighted by atomic mass is 35.5. The number of halogens is 4. The molecule has 0 saturated carbocycles. The van der Waals surface area contributed by atoms with E-state index in [2.05, 4.69) is 4.98 Å². The summed E-state index contributed by atoms with van der Waals surface area (Å²) >= 11 is 5.96. The van der Waals surface area contributed by atoms with Gasteiger partial charge in [0.15, 0.2) is 5.89 Å². The molecule has 1 amide bonds.